The molecule has 0 radical (unpaired) electrons. The van der Waals surface area contributed by atoms with Crippen molar-refractivity contribution in [3.63, 3.8) is 0 Å². The van der Waals surface area contributed by atoms with Gasteiger partial charge >= 0.3 is 0 Å². The van der Waals surface area contributed by atoms with Crippen molar-refractivity contribution in [1.29, 1.82) is 0 Å². The lowest BCUT2D eigenvalue weighted by Crippen LogP contribution is -2.44. The molecule has 0 amide bonds. The minimum Gasteiger partial charge on any atom is -0.461 e. The van der Waals surface area contributed by atoms with Crippen LogP contribution in [0.15, 0.2) is 44.9 Å². The third kappa shape index (κ3) is 4.23. The summed E-state index contributed by atoms with van der Waals surface area (Å²) in [5.41, 5.74) is 0.946. The van der Waals surface area contributed by atoms with Gasteiger partial charge in [-0.2, -0.15) is 0 Å². The topological polar surface area (TPSA) is 22.4 Å². The molecule has 1 aromatic carbocycles. The number of fused-ring (bicyclic) bond motifs is 1. The van der Waals surface area contributed by atoms with E-state index in [-0.39, 0.29) is 11.1 Å². The standard InChI is InChI=1S/C18H25IO2Si/c1-18(2,3)22(4,5)21-15(10-11-19)13-16-12-14-8-6-7-9-17(14)20-16/h6-12,15H,13H2,1-5H3/t15-/m1/s1. The maximum absolute atomic E-state index is 6.53. The van der Waals surface area contributed by atoms with E-state index in [1.54, 1.807) is 0 Å². The molecule has 1 heterocycles. The van der Waals surface area contributed by atoms with Gasteiger partial charge in [0, 0.05) is 11.8 Å². The lowest BCUT2D eigenvalue weighted by molar-refractivity contribution is 0.218. The van der Waals surface area contributed by atoms with E-state index in [1.165, 1.54) is 0 Å². The quantitative estimate of drug-likeness (QED) is 0.411. The smallest absolute Gasteiger partial charge is 0.192 e. The van der Waals surface area contributed by atoms with E-state index in [9.17, 15) is 0 Å². The summed E-state index contributed by atoms with van der Waals surface area (Å²) in [6.45, 7) is 11.4. The normalized spacial score (nSPS) is 14.8. The van der Waals surface area contributed by atoms with Gasteiger partial charge in [-0.1, -0.05) is 67.6 Å². The van der Waals surface area contributed by atoms with Gasteiger partial charge in [0.15, 0.2) is 8.32 Å². The predicted molar refractivity (Wildman–Crippen MR) is 105 cm³/mol. The fourth-order valence-corrected chi connectivity index (χ4v) is 3.86. The van der Waals surface area contributed by atoms with Crippen molar-refractivity contribution in [2.24, 2.45) is 0 Å². The first-order chi connectivity index (χ1) is 10.2. The molecule has 22 heavy (non-hydrogen) atoms. The molecule has 0 unspecified atom stereocenters. The molecule has 0 saturated heterocycles. The van der Waals surface area contributed by atoms with Crippen molar-refractivity contribution in [3.05, 3.63) is 46.3 Å². The molecule has 4 heteroatoms. The third-order valence-corrected chi connectivity index (χ3v) is 9.34. The maximum atomic E-state index is 6.53. The van der Waals surface area contributed by atoms with Crippen LogP contribution in [0.25, 0.3) is 11.0 Å². The van der Waals surface area contributed by atoms with E-state index in [0.29, 0.717) is 0 Å². The van der Waals surface area contributed by atoms with Gasteiger partial charge in [-0.15, -0.1) is 0 Å². The molecule has 0 aliphatic rings. The van der Waals surface area contributed by atoms with Gasteiger partial charge in [-0.05, 0) is 34.3 Å². The summed E-state index contributed by atoms with van der Waals surface area (Å²) in [5.74, 6) is 0.986. The van der Waals surface area contributed by atoms with Gasteiger partial charge in [0.1, 0.15) is 11.3 Å². The van der Waals surface area contributed by atoms with Crippen LogP contribution in [0.5, 0.6) is 0 Å². The second kappa shape index (κ2) is 6.89. The Kier molecular flexibility index (Phi) is 5.56. The molecule has 0 spiro atoms. The Labute approximate surface area is 148 Å². The zero-order chi connectivity index (χ0) is 16.4. The van der Waals surface area contributed by atoms with Crippen LogP contribution in [-0.2, 0) is 10.8 Å². The zero-order valence-electron chi connectivity index (χ0n) is 14.0. The molecule has 1 atom stereocenters. The van der Waals surface area contributed by atoms with Crippen LogP contribution in [-0.4, -0.2) is 14.4 Å². The van der Waals surface area contributed by atoms with Gasteiger partial charge in [-0.25, -0.2) is 0 Å². The van der Waals surface area contributed by atoms with Crippen LogP contribution in [0.2, 0.25) is 18.1 Å². The summed E-state index contributed by atoms with van der Waals surface area (Å²) in [4.78, 5) is 0. The largest absolute Gasteiger partial charge is 0.461 e. The van der Waals surface area contributed by atoms with Crippen LogP contribution in [0.1, 0.15) is 26.5 Å². The van der Waals surface area contributed by atoms with Gasteiger partial charge in [0.2, 0.25) is 0 Å². The fourth-order valence-electron chi connectivity index (χ4n) is 2.12. The molecule has 0 saturated carbocycles. The summed E-state index contributed by atoms with van der Waals surface area (Å²) in [6.07, 6.45) is 2.98. The number of hydrogen-bond acceptors (Lipinski definition) is 2. The molecule has 2 aromatic rings. The monoisotopic (exact) mass is 428 g/mol. The molecular formula is C18H25IO2Si. The Hall–Kier alpha value is -0.593. The molecule has 0 fully saturated rings. The first-order valence-electron chi connectivity index (χ1n) is 7.65. The first-order valence-corrected chi connectivity index (χ1v) is 11.8. The maximum Gasteiger partial charge on any atom is 0.192 e. The summed E-state index contributed by atoms with van der Waals surface area (Å²) in [5, 5.41) is 1.36. The van der Waals surface area contributed by atoms with Crippen molar-refractivity contribution >= 4 is 41.9 Å². The van der Waals surface area contributed by atoms with Crippen LogP contribution in [0.3, 0.4) is 0 Å². The number of benzene rings is 1. The second-order valence-electron chi connectivity index (χ2n) is 7.19. The highest BCUT2D eigenvalue weighted by atomic mass is 127. The number of furan rings is 1. The molecule has 2 rings (SSSR count). The molecular weight excluding hydrogens is 403 g/mol. The molecule has 1 aromatic heterocycles. The van der Waals surface area contributed by atoms with E-state index >= 15 is 0 Å². The number of rotatable bonds is 5. The summed E-state index contributed by atoms with van der Waals surface area (Å²) in [6, 6.07) is 10.3. The molecule has 120 valence electrons. The lowest BCUT2D eigenvalue weighted by Gasteiger charge is -2.38. The number of para-hydroxylation sites is 1. The zero-order valence-corrected chi connectivity index (χ0v) is 17.2. The van der Waals surface area contributed by atoms with E-state index in [1.807, 2.05) is 22.3 Å². The van der Waals surface area contributed by atoms with Crippen molar-refractivity contribution in [3.8, 4) is 0 Å². The Morgan fingerprint density at radius 1 is 1.27 bits per heavy atom. The van der Waals surface area contributed by atoms with Gasteiger partial charge < -0.3 is 8.84 Å². The molecule has 0 N–H and O–H groups in total. The van der Waals surface area contributed by atoms with Crippen molar-refractivity contribution in [2.45, 2.75) is 51.4 Å². The minimum atomic E-state index is -1.79. The summed E-state index contributed by atoms with van der Waals surface area (Å²) in [7, 11) is -1.79. The van der Waals surface area contributed by atoms with Crippen LogP contribution in [0, 0.1) is 0 Å². The SMILES string of the molecule is CC(C)(C)[Si](C)(C)O[C@H](C=CI)Cc1cc2ccccc2o1. The average Bonchev–Trinajstić information content (AvgIpc) is 2.79. The Bertz CT molecular complexity index is 619. The number of halogens is 1. The number of hydrogen-bond donors (Lipinski definition) is 0. The Balaban J connectivity index is 2.18. The van der Waals surface area contributed by atoms with Gasteiger partial charge in [0.25, 0.3) is 0 Å². The van der Waals surface area contributed by atoms with Crippen LogP contribution >= 0.6 is 22.6 Å². The molecule has 2 nitrogen and oxygen atoms in total. The average molecular weight is 428 g/mol. The third-order valence-electron chi connectivity index (χ3n) is 4.42. The van der Waals surface area contributed by atoms with E-state index < -0.39 is 8.32 Å². The van der Waals surface area contributed by atoms with E-state index in [2.05, 4.69) is 74.7 Å². The first kappa shape index (κ1) is 17.8. The van der Waals surface area contributed by atoms with Gasteiger partial charge in [0.05, 0.1) is 6.10 Å². The summed E-state index contributed by atoms with van der Waals surface area (Å²) >= 11 is 2.26. The Morgan fingerprint density at radius 2 is 1.95 bits per heavy atom. The van der Waals surface area contributed by atoms with Crippen molar-refractivity contribution in [2.75, 3.05) is 0 Å². The van der Waals surface area contributed by atoms with Crippen LogP contribution in [0.4, 0.5) is 0 Å². The minimum absolute atomic E-state index is 0.0679. The summed E-state index contributed by atoms with van der Waals surface area (Å²) < 4.78 is 14.5. The highest BCUT2D eigenvalue weighted by molar-refractivity contribution is 14.1. The highest BCUT2D eigenvalue weighted by Crippen LogP contribution is 2.38. The van der Waals surface area contributed by atoms with Gasteiger partial charge in [-0.3, -0.25) is 0 Å². The highest BCUT2D eigenvalue weighted by Gasteiger charge is 2.38. The molecule has 0 bridgehead atoms. The molecule has 0 aliphatic carbocycles. The molecule has 0 aliphatic heterocycles. The second-order valence-corrected chi connectivity index (χ2v) is 12.7. The lowest BCUT2D eigenvalue weighted by atomic mass is 10.2. The Morgan fingerprint density at radius 3 is 2.55 bits per heavy atom. The predicted octanol–water partition coefficient (Wildman–Crippen LogP) is 6.31. The van der Waals surface area contributed by atoms with Crippen LogP contribution < -0.4 is 0 Å². The van der Waals surface area contributed by atoms with E-state index in [4.69, 9.17) is 8.84 Å². The van der Waals surface area contributed by atoms with Crippen molar-refractivity contribution < 1.29 is 8.84 Å². The van der Waals surface area contributed by atoms with E-state index in [0.717, 1.165) is 23.2 Å². The fraction of sp³-hybridized carbons (Fsp3) is 0.444. The van der Waals surface area contributed by atoms with Crippen molar-refractivity contribution in [1.82, 2.24) is 0 Å².